The second-order valence-electron chi connectivity index (χ2n) is 15.5. The van der Waals surface area contributed by atoms with Gasteiger partial charge in [-0.15, -0.1) is 0 Å². The number of nitrogens with two attached hydrogens (primary N) is 2. The molecule has 1 aromatic heterocycles. The number of methoxy groups -OCH3 is 2. The summed E-state index contributed by atoms with van der Waals surface area (Å²) >= 11 is 8.84. The van der Waals surface area contributed by atoms with Crippen LogP contribution in [0.5, 0.6) is 28.7 Å². The van der Waals surface area contributed by atoms with Gasteiger partial charge in [0.2, 0.25) is 5.78 Å². The number of likely N-dealkylation sites (N-methyl/N-ethyl adjacent to an activating group) is 3. The van der Waals surface area contributed by atoms with E-state index in [1.54, 1.807) is 56.7 Å². The third-order valence-corrected chi connectivity index (χ3v) is 10.7. The highest BCUT2D eigenvalue weighted by atomic mass is 79.9. The zero-order valence-electron chi connectivity index (χ0n) is 40.4. The van der Waals surface area contributed by atoms with Gasteiger partial charge in [-0.2, -0.15) is 4.99 Å². The molecular formula is C51H63BrN8O7S2. The van der Waals surface area contributed by atoms with Gasteiger partial charge in [0.25, 0.3) is 0 Å². The lowest BCUT2D eigenvalue weighted by Gasteiger charge is -2.11. The predicted octanol–water partition coefficient (Wildman–Crippen LogP) is 9.49. The van der Waals surface area contributed by atoms with Crippen molar-refractivity contribution in [3.8, 4) is 28.7 Å². The Morgan fingerprint density at radius 3 is 1.57 bits per heavy atom. The summed E-state index contributed by atoms with van der Waals surface area (Å²) in [7, 11) is 15.2. The molecule has 15 nitrogen and oxygen atoms in total. The summed E-state index contributed by atoms with van der Waals surface area (Å²) in [4.78, 5) is 38.7. The van der Waals surface area contributed by atoms with E-state index in [2.05, 4.69) is 63.3 Å². The Hall–Kier alpha value is -6.37. The highest BCUT2D eigenvalue weighted by Gasteiger charge is 2.19. The molecular weight excluding hydrogens is 981 g/mol. The van der Waals surface area contributed by atoms with Crippen LogP contribution in [0.15, 0.2) is 126 Å². The standard InChI is InChI=1S/C21H24N4O3S.C11H14N2OS.C10H16N2O.C9H9BrO2/c1-25(2)11-12-28-16-9-7-15(8-10-16)23-21-24-20(22)19(29-21)18(26)14-5-4-6-17(13-14)27-3;1-13(2)7-8-14-11-5-3-10(4-6-11)12-9-15;1-12(2)7-8-13-10-5-3-9(11)4-6-10;1-12-8-4-2-3-7(5-8)9(11)6-10/h4-10,13H,11-12,22H2,1-3H3,(H,23,24);3-6H,7-8H2,1-2H3;3-6H,7-8,11H2,1-2H3;2-5H,6H2,1H3. The molecule has 0 spiro atoms. The maximum atomic E-state index is 12.8. The summed E-state index contributed by atoms with van der Waals surface area (Å²) in [5.41, 5.74) is 15.1. The molecule has 0 atom stereocenters. The van der Waals surface area contributed by atoms with Gasteiger partial charge in [-0.25, -0.2) is 4.98 Å². The van der Waals surface area contributed by atoms with E-state index in [0.717, 1.165) is 53.9 Å². The molecule has 0 fully saturated rings. The first-order chi connectivity index (χ1) is 33.1. The molecule has 0 aliphatic heterocycles. The normalized spacial score (nSPS) is 10.3. The van der Waals surface area contributed by atoms with Crippen LogP contribution >= 0.6 is 39.5 Å². The van der Waals surface area contributed by atoms with Crippen LogP contribution in [0.25, 0.3) is 0 Å². The van der Waals surface area contributed by atoms with Crippen molar-refractivity contribution in [2.75, 3.05) is 118 Å². The molecule has 0 aliphatic rings. The third kappa shape index (κ3) is 22.5. The number of isothiocyanates is 1. The fraction of sp³-hybridized carbons (Fsp3) is 0.294. The van der Waals surface area contributed by atoms with Crippen LogP contribution in [-0.2, 0) is 0 Å². The summed E-state index contributed by atoms with van der Waals surface area (Å²) in [5, 5.41) is 6.40. The van der Waals surface area contributed by atoms with Crippen LogP contribution in [0.3, 0.4) is 0 Å². The van der Waals surface area contributed by atoms with Gasteiger partial charge in [0.1, 0.15) is 59.3 Å². The van der Waals surface area contributed by atoms with Gasteiger partial charge < -0.3 is 55.2 Å². The fourth-order valence-corrected chi connectivity index (χ4v) is 6.64. The molecule has 0 bridgehead atoms. The number of halogens is 1. The lowest BCUT2D eigenvalue weighted by atomic mass is 10.1. The number of nitrogens with zero attached hydrogens (tertiary/aromatic N) is 5. The van der Waals surface area contributed by atoms with Gasteiger partial charge in [0, 0.05) is 42.1 Å². The number of Topliss-reactive ketones (excluding diaryl/α,β-unsaturated/α-hetero) is 1. The van der Waals surface area contributed by atoms with E-state index >= 15 is 0 Å². The number of anilines is 4. The summed E-state index contributed by atoms with van der Waals surface area (Å²) in [6.07, 6.45) is 0. The Morgan fingerprint density at radius 2 is 1.12 bits per heavy atom. The Labute approximate surface area is 424 Å². The predicted molar refractivity (Wildman–Crippen MR) is 288 cm³/mol. The first kappa shape index (κ1) is 57.0. The monoisotopic (exact) mass is 1040 g/mol. The molecule has 5 aromatic carbocycles. The van der Waals surface area contributed by atoms with Crippen molar-refractivity contribution in [3.05, 3.63) is 137 Å². The van der Waals surface area contributed by atoms with Crippen molar-refractivity contribution in [2.24, 2.45) is 4.99 Å². The summed E-state index contributed by atoms with van der Waals surface area (Å²) in [6, 6.07) is 36.5. The quantitative estimate of drug-likeness (QED) is 0.0204. The number of aromatic nitrogens is 1. The van der Waals surface area contributed by atoms with Crippen molar-refractivity contribution in [1.29, 1.82) is 0 Å². The number of ether oxygens (including phenoxy) is 5. The van der Waals surface area contributed by atoms with Crippen molar-refractivity contribution in [2.45, 2.75) is 0 Å². The number of thiazole rings is 1. The van der Waals surface area contributed by atoms with Crippen molar-refractivity contribution < 1.29 is 33.3 Å². The number of alkyl halides is 1. The summed E-state index contributed by atoms with van der Waals surface area (Å²) in [5.74, 6) is 3.92. The van der Waals surface area contributed by atoms with Gasteiger partial charge in [0.05, 0.1) is 30.4 Å². The number of rotatable bonds is 21. The SMILES string of the molecule is CN(C)CCOc1ccc(N)cc1.CN(C)CCOc1ccc(N=C=S)cc1.COc1cccc(C(=O)CBr)c1.COc1cccc(C(=O)c2sc(Nc3ccc(OCCN(C)C)cc3)nc2N)c1. The minimum absolute atomic E-state index is 0.0638. The van der Waals surface area contributed by atoms with Gasteiger partial charge in [-0.1, -0.05) is 51.5 Å². The van der Waals surface area contributed by atoms with Crippen molar-refractivity contribution in [3.63, 3.8) is 0 Å². The molecule has 18 heteroatoms. The van der Waals surface area contributed by atoms with E-state index in [9.17, 15) is 9.59 Å². The van der Waals surface area contributed by atoms with E-state index < -0.39 is 0 Å². The number of benzene rings is 5. The van der Waals surface area contributed by atoms with Gasteiger partial charge in [0.15, 0.2) is 10.9 Å². The Bertz CT molecular complexity index is 2480. The molecule has 6 aromatic rings. The van der Waals surface area contributed by atoms with E-state index in [-0.39, 0.29) is 17.4 Å². The second-order valence-corrected chi connectivity index (χ2v) is 17.2. The van der Waals surface area contributed by atoms with Crippen molar-refractivity contribution in [1.82, 2.24) is 19.7 Å². The molecule has 368 valence electrons. The number of ketones is 2. The maximum Gasteiger partial charge on any atom is 0.206 e. The first-order valence-corrected chi connectivity index (χ1v) is 23.9. The molecule has 0 amide bonds. The van der Waals surface area contributed by atoms with Crippen LogP contribution in [0.4, 0.5) is 28.0 Å². The average molecular weight is 1040 g/mol. The molecule has 5 N–H and O–H groups in total. The van der Waals surface area contributed by atoms with Gasteiger partial charge in [-0.3, -0.25) is 9.59 Å². The number of carbonyl (C=O) groups is 2. The summed E-state index contributed by atoms with van der Waals surface area (Å²) < 4.78 is 26.8. The number of aliphatic imine (C=N–C) groups is 1. The molecule has 0 saturated heterocycles. The molecule has 0 radical (unpaired) electrons. The number of thiocarbonyl (C=S) groups is 1. The number of nitrogen functional groups attached to an aromatic ring is 2. The third-order valence-electron chi connectivity index (χ3n) is 9.12. The van der Waals surface area contributed by atoms with Gasteiger partial charge in [-0.05, 0) is 152 Å². The average Bonchev–Trinajstić information content (AvgIpc) is 3.72. The number of nitrogens with one attached hydrogen (secondary N) is 1. The first-order valence-electron chi connectivity index (χ1n) is 21.6. The molecule has 0 aliphatic carbocycles. The molecule has 69 heavy (non-hydrogen) atoms. The smallest absolute Gasteiger partial charge is 0.206 e. The van der Waals surface area contributed by atoms with Crippen LogP contribution in [0, 0.1) is 0 Å². The molecule has 6 rings (SSSR count). The number of carbonyl (C=O) groups excluding carboxylic acids is 2. The van der Waals surface area contributed by atoms with E-state index in [0.29, 0.717) is 57.8 Å². The van der Waals surface area contributed by atoms with Crippen LogP contribution in [0.2, 0.25) is 0 Å². The Kier molecular flexibility index (Phi) is 26.1. The lowest BCUT2D eigenvalue weighted by Crippen LogP contribution is -2.19. The fourth-order valence-electron chi connectivity index (χ4n) is 5.35. The lowest BCUT2D eigenvalue weighted by molar-refractivity contribution is 0.102. The zero-order valence-corrected chi connectivity index (χ0v) is 43.7. The van der Waals surface area contributed by atoms with E-state index in [1.807, 2.05) is 121 Å². The van der Waals surface area contributed by atoms with E-state index in [1.165, 1.54) is 11.3 Å². The molecule has 1 heterocycles. The van der Waals surface area contributed by atoms with Gasteiger partial charge >= 0.3 is 0 Å². The highest BCUT2D eigenvalue weighted by molar-refractivity contribution is 9.09. The number of hydrogen-bond donors (Lipinski definition) is 3. The Morgan fingerprint density at radius 1 is 0.667 bits per heavy atom. The maximum absolute atomic E-state index is 12.8. The largest absolute Gasteiger partial charge is 0.497 e. The van der Waals surface area contributed by atoms with Crippen LogP contribution in [-0.4, -0.2) is 138 Å². The molecule has 0 unspecified atom stereocenters. The topological polar surface area (TPSA) is 179 Å². The number of hydrogen-bond acceptors (Lipinski definition) is 17. The second kappa shape index (κ2) is 31.6. The molecule has 0 saturated carbocycles. The summed E-state index contributed by atoms with van der Waals surface area (Å²) in [6.45, 7) is 4.69. The van der Waals surface area contributed by atoms with E-state index in [4.69, 9.17) is 35.2 Å². The zero-order chi connectivity index (χ0) is 50.6. The van der Waals surface area contributed by atoms with Crippen LogP contribution < -0.4 is 40.5 Å². The van der Waals surface area contributed by atoms with Crippen molar-refractivity contribution >= 4 is 84.2 Å². The van der Waals surface area contributed by atoms with Crippen LogP contribution in [0.1, 0.15) is 25.6 Å². The highest BCUT2D eigenvalue weighted by Crippen LogP contribution is 2.31. The minimum Gasteiger partial charge on any atom is -0.497 e. The Balaban J connectivity index is 0.000000265. The minimum atomic E-state index is -0.184.